The maximum Gasteiger partial charge on any atom is 0.236 e. The van der Waals surface area contributed by atoms with Crippen LogP contribution in [0, 0.1) is 6.92 Å². The highest BCUT2D eigenvalue weighted by molar-refractivity contribution is 5.84. The molecule has 0 fully saturated rings. The first-order valence-electron chi connectivity index (χ1n) is 4.40. The van der Waals surface area contributed by atoms with Crippen LogP contribution in [0.5, 0.6) is 0 Å². The quantitative estimate of drug-likeness (QED) is 0.737. The molecule has 2 rings (SSSR count). The second kappa shape index (κ2) is 3.14. The van der Waals surface area contributed by atoms with Crippen LogP contribution in [0.2, 0.25) is 0 Å². The van der Waals surface area contributed by atoms with Crippen molar-refractivity contribution in [3.63, 3.8) is 0 Å². The molecule has 0 bridgehead atoms. The number of nitrogens with zero attached hydrogens (tertiary/aromatic N) is 2. The van der Waals surface area contributed by atoms with Crippen LogP contribution < -0.4 is 5.43 Å². The summed E-state index contributed by atoms with van der Waals surface area (Å²) >= 11 is 0. The minimum Gasteiger partial charge on any atom is -0.274 e. The maximum absolute atomic E-state index is 10.9. The number of aromatic nitrogens is 2. The summed E-state index contributed by atoms with van der Waals surface area (Å²) in [7, 11) is 0. The Morgan fingerprint density at radius 1 is 1.43 bits per heavy atom. The van der Waals surface area contributed by atoms with Gasteiger partial charge in [-0.2, -0.15) is 9.89 Å². The number of nitrogens with one attached hydrogen (secondary N) is 1. The molecular weight excluding hydrogens is 178 g/mol. The van der Waals surface area contributed by atoms with Crippen molar-refractivity contribution >= 4 is 16.8 Å². The van der Waals surface area contributed by atoms with E-state index in [-0.39, 0.29) is 5.91 Å². The molecule has 14 heavy (non-hydrogen) atoms. The van der Waals surface area contributed by atoms with Gasteiger partial charge in [-0.15, -0.1) is 0 Å². The van der Waals surface area contributed by atoms with Crippen LogP contribution in [0.4, 0.5) is 0 Å². The highest BCUT2D eigenvalue weighted by Crippen LogP contribution is 2.15. The highest BCUT2D eigenvalue weighted by Gasteiger charge is 2.06. The number of hydrogen-bond donors (Lipinski definition) is 1. The highest BCUT2D eigenvalue weighted by atomic mass is 16.2. The molecule has 0 atom stereocenters. The first-order valence-corrected chi connectivity index (χ1v) is 4.40. The molecule has 2 aromatic rings. The third-order valence-electron chi connectivity index (χ3n) is 2.08. The van der Waals surface area contributed by atoms with Gasteiger partial charge in [0.2, 0.25) is 5.91 Å². The smallest absolute Gasteiger partial charge is 0.236 e. The Hall–Kier alpha value is -1.84. The number of carbonyl (C=O) groups excluding carboxylic acids is 1. The Balaban J connectivity index is 2.57. The Bertz CT molecular complexity index is 487. The third-order valence-corrected chi connectivity index (χ3v) is 2.08. The number of rotatable bonds is 1. The molecule has 72 valence electrons. The summed E-state index contributed by atoms with van der Waals surface area (Å²) in [6, 6.07) is 7.78. The largest absolute Gasteiger partial charge is 0.274 e. The number of benzene rings is 1. The summed E-state index contributed by atoms with van der Waals surface area (Å²) in [5, 5.41) is 5.29. The predicted molar refractivity (Wildman–Crippen MR) is 54.5 cm³/mol. The van der Waals surface area contributed by atoms with E-state index in [4.69, 9.17) is 0 Å². The molecule has 1 aromatic heterocycles. The van der Waals surface area contributed by atoms with Crippen molar-refractivity contribution in [3.05, 3.63) is 30.0 Å². The number of amides is 1. The van der Waals surface area contributed by atoms with Crippen LogP contribution in [0.1, 0.15) is 12.6 Å². The molecule has 0 aliphatic rings. The van der Waals surface area contributed by atoms with E-state index in [0.717, 1.165) is 16.6 Å². The van der Waals surface area contributed by atoms with Gasteiger partial charge >= 0.3 is 0 Å². The molecule has 0 saturated heterocycles. The first kappa shape index (κ1) is 8.74. The molecule has 1 aromatic carbocycles. The minimum atomic E-state index is -0.124. The zero-order valence-electron chi connectivity index (χ0n) is 8.11. The third kappa shape index (κ3) is 1.35. The fourth-order valence-electron chi connectivity index (χ4n) is 1.42. The van der Waals surface area contributed by atoms with Crippen molar-refractivity contribution in [1.82, 2.24) is 9.89 Å². The van der Waals surface area contributed by atoms with Crippen LogP contribution in [-0.4, -0.2) is 15.8 Å². The number of carbonyl (C=O) groups is 1. The van der Waals surface area contributed by atoms with E-state index in [2.05, 4.69) is 10.5 Å². The molecule has 4 heteroatoms. The van der Waals surface area contributed by atoms with Gasteiger partial charge in [0.1, 0.15) is 0 Å². The Morgan fingerprint density at radius 2 is 2.14 bits per heavy atom. The Labute approximate surface area is 81.5 Å². The lowest BCUT2D eigenvalue weighted by atomic mass is 10.2. The van der Waals surface area contributed by atoms with Gasteiger partial charge in [0.05, 0.1) is 11.2 Å². The van der Waals surface area contributed by atoms with E-state index in [1.165, 1.54) is 11.7 Å². The van der Waals surface area contributed by atoms with Crippen LogP contribution in [0.25, 0.3) is 10.9 Å². The van der Waals surface area contributed by atoms with Crippen LogP contribution in [0.15, 0.2) is 24.3 Å². The molecule has 1 N–H and O–H groups in total. The molecule has 4 nitrogen and oxygen atoms in total. The van der Waals surface area contributed by atoms with Crippen LogP contribution in [-0.2, 0) is 4.79 Å². The summed E-state index contributed by atoms with van der Waals surface area (Å²) < 4.78 is 0. The number of fused-ring (bicyclic) bond motifs is 1. The van der Waals surface area contributed by atoms with Gasteiger partial charge in [-0.3, -0.25) is 4.79 Å². The summed E-state index contributed by atoms with van der Waals surface area (Å²) in [5.74, 6) is -0.124. The van der Waals surface area contributed by atoms with E-state index in [0.29, 0.717) is 0 Å². The standard InChI is InChI=1S/C10H11N3O/c1-7-9-5-3-4-6-10(9)12-13(7)11-8(2)14/h3-6H,1-2H3,(H,11,14). The van der Waals surface area contributed by atoms with Crippen molar-refractivity contribution in [1.29, 1.82) is 0 Å². The van der Waals surface area contributed by atoms with Crippen molar-refractivity contribution in [2.24, 2.45) is 0 Å². The lowest BCUT2D eigenvalue weighted by Gasteiger charge is -2.02. The van der Waals surface area contributed by atoms with Gasteiger partial charge in [0, 0.05) is 12.3 Å². The molecular formula is C10H11N3O. The van der Waals surface area contributed by atoms with Crippen molar-refractivity contribution < 1.29 is 4.79 Å². The maximum atomic E-state index is 10.9. The van der Waals surface area contributed by atoms with Gasteiger partial charge in [0.15, 0.2) is 0 Å². The average molecular weight is 189 g/mol. The van der Waals surface area contributed by atoms with E-state index in [9.17, 15) is 4.79 Å². The van der Waals surface area contributed by atoms with E-state index in [1.54, 1.807) is 0 Å². The SMILES string of the molecule is CC(=O)Nn1nc2ccccc2c1C. The molecule has 0 aliphatic carbocycles. The molecule has 1 amide bonds. The summed E-state index contributed by atoms with van der Waals surface area (Å²) in [5.41, 5.74) is 4.46. The fourth-order valence-corrected chi connectivity index (χ4v) is 1.42. The topological polar surface area (TPSA) is 46.9 Å². The van der Waals surface area contributed by atoms with Crippen molar-refractivity contribution in [3.8, 4) is 0 Å². The molecule has 0 unspecified atom stereocenters. The summed E-state index contributed by atoms with van der Waals surface area (Å²) in [6.45, 7) is 3.39. The van der Waals surface area contributed by atoms with E-state index < -0.39 is 0 Å². The summed E-state index contributed by atoms with van der Waals surface area (Å²) in [4.78, 5) is 12.4. The van der Waals surface area contributed by atoms with Gasteiger partial charge in [-0.25, -0.2) is 5.43 Å². The zero-order valence-corrected chi connectivity index (χ0v) is 8.11. The van der Waals surface area contributed by atoms with Crippen LogP contribution in [0.3, 0.4) is 0 Å². The van der Waals surface area contributed by atoms with Crippen molar-refractivity contribution in [2.45, 2.75) is 13.8 Å². The Kier molecular flexibility index (Phi) is 1.96. The lowest BCUT2D eigenvalue weighted by Crippen LogP contribution is -2.21. The molecule has 0 aliphatic heterocycles. The monoisotopic (exact) mass is 189 g/mol. The summed E-state index contributed by atoms with van der Waals surface area (Å²) in [6.07, 6.45) is 0. The predicted octanol–water partition coefficient (Wildman–Crippen LogP) is 1.43. The van der Waals surface area contributed by atoms with E-state index >= 15 is 0 Å². The molecule has 0 spiro atoms. The first-order chi connectivity index (χ1) is 6.68. The number of hydrogen-bond acceptors (Lipinski definition) is 2. The van der Waals surface area contributed by atoms with Gasteiger partial charge in [0.25, 0.3) is 0 Å². The van der Waals surface area contributed by atoms with Gasteiger partial charge < -0.3 is 0 Å². The second-order valence-corrected chi connectivity index (χ2v) is 3.18. The lowest BCUT2D eigenvalue weighted by molar-refractivity contribution is -0.115. The zero-order chi connectivity index (χ0) is 10.1. The fraction of sp³-hybridized carbons (Fsp3) is 0.200. The van der Waals surface area contributed by atoms with Crippen molar-refractivity contribution in [2.75, 3.05) is 5.43 Å². The second-order valence-electron chi connectivity index (χ2n) is 3.18. The Morgan fingerprint density at radius 3 is 2.79 bits per heavy atom. The molecule has 0 saturated carbocycles. The number of aryl methyl sites for hydroxylation is 1. The normalized spacial score (nSPS) is 10.4. The molecule has 0 radical (unpaired) electrons. The van der Waals surface area contributed by atoms with Gasteiger partial charge in [-0.05, 0) is 13.0 Å². The minimum absolute atomic E-state index is 0.124. The van der Waals surface area contributed by atoms with E-state index in [1.807, 2.05) is 31.2 Å². The van der Waals surface area contributed by atoms with Gasteiger partial charge in [-0.1, -0.05) is 18.2 Å². The molecule has 1 heterocycles. The van der Waals surface area contributed by atoms with Crippen LogP contribution >= 0.6 is 0 Å². The average Bonchev–Trinajstić information content (AvgIpc) is 2.44.